The summed E-state index contributed by atoms with van der Waals surface area (Å²) in [7, 11) is 0. The SMILES string of the molecule is C=CCOC(=O)c1ccc(NC(=O)c2ccc(-n3nnc(-c4ccc([N+](=O)[O-])cc4)n3)c(OC(C)C)c2OCC=C)cc1. The van der Waals surface area contributed by atoms with Gasteiger partial charge in [-0.15, -0.1) is 15.0 Å². The zero-order valence-electron chi connectivity index (χ0n) is 23.4. The highest BCUT2D eigenvalue weighted by atomic mass is 16.6. The largest absolute Gasteiger partial charge is 0.485 e. The lowest BCUT2D eigenvalue weighted by molar-refractivity contribution is -0.384. The Hall–Kier alpha value is -5.85. The number of ether oxygens (including phenoxy) is 3. The molecule has 0 unspecified atom stereocenters. The number of non-ortho nitro benzene ring substituents is 1. The lowest BCUT2D eigenvalue weighted by Crippen LogP contribution is -2.17. The van der Waals surface area contributed by atoms with Crippen LogP contribution in [0.25, 0.3) is 17.1 Å². The van der Waals surface area contributed by atoms with Crippen molar-refractivity contribution in [2.75, 3.05) is 18.5 Å². The molecule has 43 heavy (non-hydrogen) atoms. The van der Waals surface area contributed by atoms with Crippen molar-refractivity contribution in [3.8, 4) is 28.6 Å². The van der Waals surface area contributed by atoms with E-state index in [0.29, 0.717) is 22.5 Å². The molecule has 0 spiro atoms. The number of esters is 1. The van der Waals surface area contributed by atoms with Gasteiger partial charge in [0.15, 0.2) is 11.5 Å². The standard InChI is InChI=1S/C30H28N6O7/c1-5-17-41-26-24(29(37)31-22-11-7-21(8-12-22)30(38)42-18-6-2)15-16-25(27(26)43-19(3)4)35-33-28(32-34-35)20-9-13-23(14-10-20)36(39)40/h5-16,19H,1-2,17-18H2,3-4H3,(H,31,37). The highest BCUT2D eigenvalue weighted by Gasteiger charge is 2.25. The zero-order valence-corrected chi connectivity index (χ0v) is 23.4. The first kappa shape index (κ1) is 30.1. The van der Waals surface area contributed by atoms with Crippen LogP contribution in [-0.4, -0.2) is 56.3 Å². The maximum Gasteiger partial charge on any atom is 0.338 e. The van der Waals surface area contributed by atoms with Crippen LogP contribution < -0.4 is 14.8 Å². The normalized spacial score (nSPS) is 10.6. The van der Waals surface area contributed by atoms with Gasteiger partial charge in [0.2, 0.25) is 5.82 Å². The predicted octanol–water partition coefficient (Wildman–Crippen LogP) is 5.18. The summed E-state index contributed by atoms with van der Waals surface area (Å²) in [6, 6.07) is 15.1. The van der Waals surface area contributed by atoms with E-state index >= 15 is 0 Å². The Morgan fingerprint density at radius 3 is 2.33 bits per heavy atom. The third-order valence-corrected chi connectivity index (χ3v) is 5.71. The van der Waals surface area contributed by atoms with E-state index in [9.17, 15) is 19.7 Å². The molecule has 220 valence electrons. The molecule has 0 aliphatic rings. The average Bonchev–Trinajstić information content (AvgIpc) is 3.49. The Labute approximate surface area is 246 Å². The molecule has 0 atom stereocenters. The van der Waals surface area contributed by atoms with E-state index in [1.165, 1.54) is 59.4 Å². The molecule has 0 fully saturated rings. The number of rotatable bonds is 13. The van der Waals surface area contributed by atoms with Gasteiger partial charge in [-0.25, -0.2) is 4.79 Å². The minimum absolute atomic E-state index is 0.0661. The monoisotopic (exact) mass is 584 g/mol. The number of anilines is 1. The molecule has 4 rings (SSSR count). The molecule has 13 nitrogen and oxygen atoms in total. The Bertz CT molecular complexity index is 1650. The van der Waals surface area contributed by atoms with Gasteiger partial charge < -0.3 is 19.5 Å². The summed E-state index contributed by atoms with van der Waals surface area (Å²) < 4.78 is 17.1. The number of aromatic nitrogens is 4. The topological polar surface area (TPSA) is 161 Å². The second kappa shape index (κ2) is 13.7. The summed E-state index contributed by atoms with van der Waals surface area (Å²) in [6.07, 6.45) is 2.67. The van der Waals surface area contributed by atoms with Gasteiger partial charge in [0.05, 0.1) is 22.2 Å². The van der Waals surface area contributed by atoms with Crippen LogP contribution in [0.4, 0.5) is 11.4 Å². The van der Waals surface area contributed by atoms with Crippen LogP contribution in [0.2, 0.25) is 0 Å². The van der Waals surface area contributed by atoms with Crippen molar-refractivity contribution in [2.24, 2.45) is 0 Å². The average molecular weight is 585 g/mol. The number of nitrogens with zero attached hydrogens (tertiary/aromatic N) is 5. The highest BCUT2D eigenvalue weighted by molar-refractivity contribution is 6.07. The van der Waals surface area contributed by atoms with Crippen molar-refractivity contribution < 1.29 is 28.7 Å². The number of carbonyl (C=O) groups is 2. The van der Waals surface area contributed by atoms with Crippen LogP contribution in [0, 0.1) is 10.1 Å². The van der Waals surface area contributed by atoms with Crippen LogP contribution in [0.1, 0.15) is 34.6 Å². The summed E-state index contributed by atoms with van der Waals surface area (Å²) in [5.74, 6) is -0.473. The number of nitro groups is 1. The number of benzene rings is 3. The van der Waals surface area contributed by atoms with Gasteiger partial charge in [0.25, 0.3) is 11.6 Å². The number of nitro benzene ring substituents is 1. The molecule has 1 N–H and O–H groups in total. The lowest BCUT2D eigenvalue weighted by atomic mass is 10.1. The van der Waals surface area contributed by atoms with E-state index in [1.54, 1.807) is 18.2 Å². The molecule has 0 saturated heterocycles. The number of hydrogen-bond donors (Lipinski definition) is 1. The molecule has 4 aromatic rings. The molecule has 13 heteroatoms. The molecule has 0 aliphatic carbocycles. The molecule has 1 amide bonds. The number of nitrogens with one attached hydrogen (secondary N) is 1. The summed E-state index contributed by atoms with van der Waals surface area (Å²) in [4.78, 5) is 37.2. The molecule has 0 bridgehead atoms. The Kier molecular flexibility index (Phi) is 9.58. The number of hydrogen-bond acceptors (Lipinski definition) is 10. The molecular formula is C30H28N6O7. The Morgan fingerprint density at radius 2 is 1.70 bits per heavy atom. The molecule has 0 aliphatic heterocycles. The van der Waals surface area contributed by atoms with Gasteiger partial charge in [-0.3, -0.25) is 14.9 Å². The van der Waals surface area contributed by atoms with Crippen molar-refractivity contribution in [3.05, 3.63) is 107 Å². The van der Waals surface area contributed by atoms with Crippen molar-refractivity contribution in [3.63, 3.8) is 0 Å². The van der Waals surface area contributed by atoms with E-state index in [0.717, 1.165) is 0 Å². The first-order valence-electron chi connectivity index (χ1n) is 13.0. The minimum Gasteiger partial charge on any atom is -0.485 e. The van der Waals surface area contributed by atoms with Crippen molar-refractivity contribution >= 4 is 23.3 Å². The Balaban J connectivity index is 1.68. The van der Waals surface area contributed by atoms with Crippen LogP contribution in [0.3, 0.4) is 0 Å². The highest BCUT2D eigenvalue weighted by Crippen LogP contribution is 2.38. The van der Waals surface area contributed by atoms with E-state index < -0.39 is 16.8 Å². The number of tetrazole rings is 1. The summed E-state index contributed by atoms with van der Waals surface area (Å²) in [5.41, 5.74) is 1.70. The maximum absolute atomic E-state index is 13.4. The first-order chi connectivity index (χ1) is 20.7. The van der Waals surface area contributed by atoms with Crippen molar-refractivity contribution in [2.45, 2.75) is 20.0 Å². The fourth-order valence-corrected chi connectivity index (χ4v) is 3.79. The van der Waals surface area contributed by atoms with E-state index in [1.807, 2.05) is 13.8 Å². The van der Waals surface area contributed by atoms with Gasteiger partial charge >= 0.3 is 5.97 Å². The molecule has 0 radical (unpaired) electrons. The van der Waals surface area contributed by atoms with Crippen LogP contribution in [0.5, 0.6) is 11.5 Å². The minimum atomic E-state index is -0.512. The van der Waals surface area contributed by atoms with Gasteiger partial charge in [-0.2, -0.15) is 0 Å². The molecule has 1 aromatic heterocycles. The fourth-order valence-electron chi connectivity index (χ4n) is 3.79. The predicted molar refractivity (Wildman–Crippen MR) is 158 cm³/mol. The van der Waals surface area contributed by atoms with Crippen LogP contribution in [0.15, 0.2) is 86.0 Å². The van der Waals surface area contributed by atoms with Gasteiger partial charge in [0, 0.05) is 23.4 Å². The fraction of sp³-hybridized carbons (Fsp3) is 0.167. The molecule has 0 saturated carbocycles. The third-order valence-electron chi connectivity index (χ3n) is 5.71. The smallest absolute Gasteiger partial charge is 0.338 e. The summed E-state index contributed by atoms with van der Waals surface area (Å²) in [6.45, 7) is 11.0. The second-order valence-electron chi connectivity index (χ2n) is 9.18. The van der Waals surface area contributed by atoms with Gasteiger partial charge in [0.1, 0.15) is 18.9 Å². The van der Waals surface area contributed by atoms with E-state index in [4.69, 9.17) is 14.2 Å². The Morgan fingerprint density at radius 1 is 1.00 bits per heavy atom. The lowest BCUT2D eigenvalue weighted by Gasteiger charge is -2.20. The quantitative estimate of drug-likeness (QED) is 0.0959. The number of amides is 1. The van der Waals surface area contributed by atoms with E-state index in [-0.39, 0.29) is 47.9 Å². The van der Waals surface area contributed by atoms with Gasteiger partial charge in [-0.1, -0.05) is 25.3 Å². The summed E-state index contributed by atoms with van der Waals surface area (Å²) in [5, 5.41) is 26.4. The van der Waals surface area contributed by atoms with Crippen molar-refractivity contribution in [1.82, 2.24) is 20.2 Å². The number of carbonyl (C=O) groups excluding carboxylic acids is 2. The zero-order chi connectivity index (χ0) is 30.9. The third kappa shape index (κ3) is 7.27. The first-order valence-corrected chi connectivity index (χ1v) is 13.0. The maximum atomic E-state index is 13.4. The molecular weight excluding hydrogens is 556 g/mol. The molecule has 3 aromatic carbocycles. The van der Waals surface area contributed by atoms with Crippen LogP contribution in [-0.2, 0) is 4.74 Å². The van der Waals surface area contributed by atoms with Crippen LogP contribution >= 0.6 is 0 Å². The van der Waals surface area contributed by atoms with Crippen molar-refractivity contribution in [1.29, 1.82) is 0 Å². The van der Waals surface area contributed by atoms with E-state index in [2.05, 4.69) is 33.9 Å². The summed E-state index contributed by atoms with van der Waals surface area (Å²) >= 11 is 0. The molecule has 1 heterocycles. The second-order valence-corrected chi connectivity index (χ2v) is 9.18. The van der Waals surface area contributed by atoms with Gasteiger partial charge in [-0.05, 0) is 67.6 Å².